The average molecular weight is 433 g/mol. The van der Waals surface area contributed by atoms with Crippen LogP contribution in [0.3, 0.4) is 0 Å². The van der Waals surface area contributed by atoms with Crippen LogP contribution < -0.4 is 4.74 Å². The van der Waals surface area contributed by atoms with Crippen molar-refractivity contribution in [3.63, 3.8) is 0 Å². The summed E-state index contributed by atoms with van der Waals surface area (Å²) in [4.78, 5) is 21.0. The van der Waals surface area contributed by atoms with Crippen LogP contribution >= 0.6 is 13.5 Å². The van der Waals surface area contributed by atoms with E-state index < -0.39 is 5.97 Å². The zero-order valence-corrected chi connectivity index (χ0v) is 18.5. The molecule has 0 N–H and O–H groups in total. The summed E-state index contributed by atoms with van der Waals surface area (Å²) >= 11 is 0. The first kappa shape index (κ1) is 22.1. The van der Waals surface area contributed by atoms with E-state index in [0.717, 1.165) is 5.52 Å². The molecule has 30 heavy (non-hydrogen) atoms. The van der Waals surface area contributed by atoms with E-state index in [9.17, 15) is 4.79 Å². The van der Waals surface area contributed by atoms with Gasteiger partial charge < -0.3 is 9.47 Å². The van der Waals surface area contributed by atoms with Gasteiger partial charge in [0.1, 0.15) is 11.0 Å². The van der Waals surface area contributed by atoms with Gasteiger partial charge in [-0.25, -0.2) is 14.5 Å². The molecule has 0 aliphatic heterocycles. The number of aromatic nitrogens is 6. The Balaban J connectivity index is 0.00000256. The molecule has 1 fully saturated rings. The lowest BCUT2D eigenvalue weighted by atomic mass is 9.84. The molecule has 162 valence electrons. The van der Waals surface area contributed by atoms with Crippen LogP contribution in [0.1, 0.15) is 62.4 Å². The van der Waals surface area contributed by atoms with E-state index in [2.05, 4.69) is 27.1 Å². The van der Waals surface area contributed by atoms with Crippen LogP contribution in [-0.2, 0) is 4.74 Å². The summed E-state index contributed by atoms with van der Waals surface area (Å²) in [6.45, 7) is 4.27. The molecule has 3 aromatic heterocycles. The monoisotopic (exact) mass is 432 g/mol. The first-order valence-electron chi connectivity index (χ1n) is 10.1. The first-order chi connectivity index (χ1) is 14.1. The van der Waals surface area contributed by atoms with Gasteiger partial charge in [0, 0.05) is 6.20 Å². The Hall–Kier alpha value is -2.62. The molecule has 0 aromatic carbocycles. The van der Waals surface area contributed by atoms with Crippen LogP contribution in [0.15, 0.2) is 18.6 Å². The smallest absolute Gasteiger partial charge is 0.341 e. The number of nitrogens with zero attached hydrogens (tertiary/aromatic N) is 6. The van der Waals surface area contributed by atoms with Crippen molar-refractivity contribution < 1.29 is 14.3 Å². The fourth-order valence-corrected chi connectivity index (χ4v) is 4.04. The standard InChI is InChI=1S/C20H26N6O3.H2S/c1-4-29-19(27)15-10-21-25(12-15)20-23-16-11-22-26(17(16)18(24-20)28-3)13(2)14-8-6-5-7-9-14;/h10-14H,4-9H2,1-3H3;1H2/t13-;/m0./s1. The normalized spacial score (nSPS) is 15.6. The number of methoxy groups -OCH3 is 1. The largest absolute Gasteiger partial charge is 0.479 e. The summed E-state index contributed by atoms with van der Waals surface area (Å²) in [6.07, 6.45) is 11.0. The molecule has 0 spiro atoms. The molecule has 0 unspecified atom stereocenters. The number of carbonyl (C=O) groups is 1. The minimum atomic E-state index is -0.430. The molecule has 1 atom stereocenters. The maximum atomic E-state index is 11.9. The molecule has 9 nitrogen and oxygen atoms in total. The van der Waals surface area contributed by atoms with Crippen LogP contribution in [0.5, 0.6) is 5.88 Å². The van der Waals surface area contributed by atoms with Crippen LogP contribution in [0, 0.1) is 5.92 Å². The zero-order valence-electron chi connectivity index (χ0n) is 17.5. The number of ether oxygens (including phenoxy) is 2. The Morgan fingerprint density at radius 1 is 1.20 bits per heavy atom. The number of fused-ring (bicyclic) bond motifs is 1. The zero-order chi connectivity index (χ0) is 20.4. The Bertz CT molecular complexity index is 1010. The summed E-state index contributed by atoms with van der Waals surface area (Å²) in [5, 5.41) is 8.80. The molecule has 4 rings (SSSR count). The maximum Gasteiger partial charge on any atom is 0.341 e. The number of carbonyl (C=O) groups excluding carboxylic acids is 1. The summed E-state index contributed by atoms with van der Waals surface area (Å²) in [5.41, 5.74) is 1.81. The molecule has 0 saturated heterocycles. The highest BCUT2D eigenvalue weighted by Gasteiger charge is 2.26. The fourth-order valence-electron chi connectivity index (χ4n) is 4.04. The molecule has 0 bridgehead atoms. The van der Waals surface area contributed by atoms with Crippen molar-refractivity contribution in [1.29, 1.82) is 0 Å². The van der Waals surface area contributed by atoms with Gasteiger partial charge >= 0.3 is 5.97 Å². The molecule has 0 amide bonds. The van der Waals surface area contributed by atoms with Crippen molar-refractivity contribution in [3.8, 4) is 11.8 Å². The minimum absolute atomic E-state index is 0. The molecular formula is C20H28N6O3S. The van der Waals surface area contributed by atoms with Gasteiger partial charge in [0.25, 0.3) is 5.95 Å². The van der Waals surface area contributed by atoms with Crippen molar-refractivity contribution >= 4 is 30.5 Å². The van der Waals surface area contributed by atoms with Crippen LogP contribution in [0.2, 0.25) is 0 Å². The van der Waals surface area contributed by atoms with E-state index in [-0.39, 0.29) is 19.5 Å². The van der Waals surface area contributed by atoms with E-state index in [1.54, 1.807) is 26.4 Å². The maximum absolute atomic E-state index is 11.9. The van der Waals surface area contributed by atoms with Gasteiger partial charge in [-0.3, -0.25) is 4.68 Å². The van der Waals surface area contributed by atoms with Gasteiger partial charge in [0.15, 0.2) is 0 Å². The van der Waals surface area contributed by atoms with Crippen molar-refractivity contribution in [1.82, 2.24) is 29.5 Å². The van der Waals surface area contributed by atoms with Gasteiger partial charge in [-0.05, 0) is 32.6 Å². The van der Waals surface area contributed by atoms with E-state index in [4.69, 9.17) is 9.47 Å². The second kappa shape index (κ2) is 9.46. The van der Waals surface area contributed by atoms with E-state index in [1.165, 1.54) is 43.0 Å². The third-order valence-electron chi connectivity index (χ3n) is 5.61. The Morgan fingerprint density at radius 3 is 2.67 bits per heavy atom. The lowest BCUT2D eigenvalue weighted by molar-refractivity contribution is 0.0526. The molecule has 3 aromatic rings. The van der Waals surface area contributed by atoms with Crippen LogP contribution in [0.4, 0.5) is 0 Å². The van der Waals surface area contributed by atoms with Gasteiger partial charge in [0.05, 0.1) is 37.7 Å². The molecule has 0 radical (unpaired) electrons. The third kappa shape index (κ3) is 4.14. The van der Waals surface area contributed by atoms with E-state index >= 15 is 0 Å². The van der Waals surface area contributed by atoms with Crippen LogP contribution in [0.25, 0.3) is 17.0 Å². The van der Waals surface area contributed by atoms with Crippen molar-refractivity contribution in [2.75, 3.05) is 13.7 Å². The number of hydrogen-bond acceptors (Lipinski definition) is 7. The summed E-state index contributed by atoms with van der Waals surface area (Å²) in [5.74, 6) is 0.920. The Morgan fingerprint density at radius 2 is 1.97 bits per heavy atom. The highest BCUT2D eigenvalue weighted by molar-refractivity contribution is 7.59. The van der Waals surface area contributed by atoms with Gasteiger partial charge in [-0.15, -0.1) is 0 Å². The highest BCUT2D eigenvalue weighted by atomic mass is 32.1. The van der Waals surface area contributed by atoms with Crippen molar-refractivity contribution in [3.05, 3.63) is 24.2 Å². The molecule has 1 saturated carbocycles. The molecule has 3 heterocycles. The second-order valence-electron chi connectivity index (χ2n) is 7.39. The molecule has 1 aliphatic rings. The fraction of sp³-hybridized carbons (Fsp3) is 0.550. The first-order valence-corrected chi connectivity index (χ1v) is 10.1. The average Bonchev–Trinajstić information content (AvgIpc) is 3.41. The quantitative estimate of drug-likeness (QED) is 0.550. The van der Waals surface area contributed by atoms with Gasteiger partial charge in [0.2, 0.25) is 5.88 Å². The summed E-state index contributed by atoms with van der Waals surface area (Å²) in [7, 11) is 1.58. The van der Waals surface area contributed by atoms with Gasteiger partial charge in [-0.1, -0.05) is 19.3 Å². The van der Waals surface area contributed by atoms with Crippen molar-refractivity contribution in [2.45, 2.75) is 52.0 Å². The van der Waals surface area contributed by atoms with E-state index in [1.807, 2.05) is 4.68 Å². The minimum Gasteiger partial charge on any atom is -0.479 e. The predicted octanol–water partition coefficient (Wildman–Crippen LogP) is 3.45. The highest BCUT2D eigenvalue weighted by Crippen LogP contribution is 2.35. The number of rotatable bonds is 6. The molecular weight excluding hydrogens is 404 g/mol. The molecule has 10 heteroatoms. The predicted molar refractivity (Wildman–Crippen MR) is 117 cm³/mol. The SMILES string of the molecule is CCOC(=O)c1cnn(-c2nc(OC)c3c(cnn3[C@@H](C)C3CCCCC3)n2)c1.S. The summed E-state index contributed by atoms with van der Waals surface area (Å²) < 4.78 is 14.0. The Kier molecular flexibility index (Phi) is 6.96. The molecule has 1 aliphatic carbocycles. The van der Waals surface area contributed by atoms with Crippen LogP contribution in [-0.4, -0.2) is 49.2 Å². The van der Waals surface area contributed by atoms with Crippen molar-refractivity contribution in [2.24, 2.45) is 5.92 Å². The second-order valence-corrected chi connectivity index (χ2v) is 7.39. The number of esters is 1. The lowest BCUT2D eigenvalue weighted by Crippen LogP contribution is -2.20. The third-order valence-corrected chi connectivity index (χ3v) is 5.61. The Labute approximate surface area is 182 Å². The van der Waals surface area contributed by atoms with E-state index in [0.29, 0.717) is 35.4 Å². The summed E-state index contributed by atoms with van der Waals surface area (Å²) in [6, 6.07) is 0.247. The number of hydrogen-bond donors (Lipinski definition) is 0. The lowest BCUT2D eigenvalue weighted by Gasteiger charge is -2.28. The van der Waals surface area contributed by atoms with Gasteiger partial charge in [-0.2, -0.15) is 28.7 Å². The topological polar surface area (TPSA) is 97.0 Å².